The fourth-order valence-corrected chi connectivity index (χ4v) is 2.54. The molecule has 0 radical (unpaired) electrons. The molecular formula is C19H38O2. The lowest BCUT2D eigenvalue weighted by atomic mass is 10.1. The van der Waals surface area contributed by atoms with Gasteiger partial charge >= 0.3 is 5.97 Å². The van der Waals surface area contributed by atoms with Gasteiger partial charge in [0.15, 0.2) is 0 Å². The van der Waals surface area contributed by atoms with E-state index >= 15 is 0 Å². The van der Waals surface area contributed by atoms with Gasteiger partial charge in [-0.05, 0) is 12.8 Å². The Morgan fingerprint density at radius 2 is 1.05 bits per heavy atom. The monoisotopic (exact) mass is 298 g/mol. The van der Waals surface area contributed by atoms with E-state index in [1.165, 1.54) is 77.0 Å². The molecule has 0 unspecified atom stereocenters. The third-order valence-electron chi connectivity index (χ3n) is 4.00. The van der Waals surface area contributed by atoms with Crippen molar-refractivity contribution < 1.29 is 9.53 Å². The van der Waals surface area contributed by atoms with E-state index in [0.29, 0.717) is 13.0 Å². The van der Waals surface area contributed by atoms with Gasteiger partial charge in [0.1, 0.15) is 0 Å². The van der Waals surface area contributed by atoms with Crippen molar-refractivity contribution in [3.05, 3.63) is 0 Å². The molecule has 0 aromatic rings. The van der Waals surface area contributed by atoms with Crippen molar-refractivity contribution >= 4 is 5.97 Å². The number of carbonyl (C=O) groups excluding carboxylic acids is 1. The summed E-state index contributed by atoms with van der Waals surface area (Å²) in [6.45, 7) is 5.09. The quantitative estimate of drug-likeness (QED) is 0.243. The van der Waals surface area contributed by atoms with Crippen LogP contribution < -0.4 is 0 Å². The summed E-state index contributed by atoms with van der Waals surface area (Å²) in [5.74, 6) is 0.00561. The summed E-state index contributed by atoms with van der Waals surface area (Å²) in [6.07, 6.45) is 18.3. The molecule has 0 amide bonds. The Morgan fingerprint density at radius 1 is 0.619 bits per heavy atom. The Bertz CT molecular complexity index is 214. The summed E-state index contributed by atoms with van der Waals surface area (Å²) < 4.78 is 5.27. The van der Waals surface area contributed by atoms with Gasteiger partial charge in [-0.2, -0.15) is 0 Å². The lowest BCUT2D eigenvalue weighted by Gasteiger charge is -2.05. The highest BCUT2D eigenvalue weighted by Crippen LogP contribution is 2.10. The van der Waals surface area contributed by atoms with E-state index in [4.69, 9.17) is 4.74 Å². The normalized spacial score (nSPS) is 10.8. The van der Waals surface area contributed by atoms with E-state index in [-0.39, 0.29) is 5.97 Å². The summed E-state index contributed by atoms with van der Waals surface area (Å²) in [6, 6.07) is 0. The molecule has 0 aromatic heterocycles. The summed E-state index contributed by atoms with van der Waals surface area (Å²) in [5.41, 5.74) is 0. The summed E-state index contributed by atoms with van der Waals surface area (Å²) >= 11 is 0. The van der Waals surface area contributed by atoms with E-state index in [1.807, 2.05) is 0 Å². The van der Waals surface area contributed by atoms with Crippen LogP contribution in [0.15, 0.2) is 0 Å². The van der Waals surface area contributed by atoms with Crippen molar-refractivity contribution in [2.45, 2.75) is 110 Å². The first-order chi connectivity index (χ1) is 10.3. The molecule has 21 heavy (non-hydrogen) atoms. The third-order valence-corrected chi connectivity index (χ3v) is 4.00. The van der Waals surface area contributed by atoms with Gasteiger partial charge in [-0.25, -0.2) is 0 Å². The minimum atomic E-state index is 0.00561. The van der Waals surface area contributed by atoms with Gasteiger partial charge < -0.3 is 4.74 Å². The number of unbranched alkanes of at least 4 members (excludes halogenated alkanes) is 12. The van der Waals surface area contributed by atoms with E-state index in [9.17, 15) is 4.79 Å². The van der Waals surface area contributed by atoms with Crippen LogP contribution in [0.2, 0.25) is 0 Å². The highest BCUT2D eigenvalue weighted by Gasteiger charge is 2.02. The van der Waals surface area contributed by atoms with E-state index in [0.717, 1.165) is 12.8 Å². The SMILES string of the molecule is CCCCCCCCCCCOC(=O)CCCCCCC. The molecule has 0 heterocycles. The van der Waals surface area contributed by atoms with Crippen LogP contribution >= 0.6 is 0 Å². The Balaban J connectivity index is 3.11. The van der Waals surface area contributed by atoms with Crippen molar-refractivity contribution in [2.24, 2.45) is 0 Å². The number of rotatable bonds is 16. The van der Waals surface area contributed by atoms with Crippen molar-refractivity contribution in [3.8, 4) is 0 Å². The van der Waals surface area contributed by atoms with Gasteiger partial charge in [0.05, 0.1) is 6.61 Å². The van der Waals surface area contributed by atoms with Crippen LogP contribution in [0.3, 0.4) is 0 Å². The molecule has 0 aromatic carbocycles. The minimum Gasteiger partial charge on any atom is -0.466 e. The van der Waals surface area contributed by atoms with Crippen molar-refractivity contribution in [2.75, 3.05) is 6.61 Å². The smallest absolute Gasteiger partial charge is 0.305 e. The predicted octanol–water partition coefficient (Wildman–Crippen LogP) is 6.42. The second kappa shape index (κ2) is 17.5. The summed E-state index contributed by atoms with van der Waals surface area (Å²) in [4.78, 5) is 11.5. The maximum absolute atomic E-state index is 11.5. The summed E-state index contributed by atoms with van der Waals surface area (Å²) in [7, 11) is 0. The molecule has 0 rings (SSSR count). The molecule has 0 saturated heterocycles. The Hall–Kier alpha value is -0.530. The van der Waals surface area contributed by atoms with Crippen LogP contribution in [0.4, 0.5) is 0 Å². The predicted molar refractivity (Wildman–Crippen MR) is 91.6 cm³/mol. The zero-order valence-electron chi connectivity index (χ0n) is 14.6. The molecule has 0 N–H and O–H groups in total. The standard InChI is InChI=1S/C19H38O2/c1-3-5-7-9-10-11-12-14-16-18-21-19(20)17-15-13-8-6-4-2/h3-18H2,1-2H3. The third kappa shape index (κ3) is 17.4. The Morgan fingerprint density at radius 3 is 1.57 bits per heavy atom. The molecular weight excluding hydrogens is 260 g/mol. The van der Waals surface area contributed by atoms with Crippen LogP contribution in [0.1, 0.15) is 110 Å². The van der Waals surface area contributed by atoms with E-state index in [2.05, 4.69) is 13.8 Å². The highest BCUT2D eigenvalue weighted by atomic mass is 16.5. The first-order valence-electron chi connectivity index (χ1n) is 9.46. The number of hydrogen-bond acceptors (Lipinski definition) is 2. The largest absolute Gasteiger partial charge is 0.466 e. The van der Waals surface area contributed by atoms with Crippen molar-refractivity contribution in [1.29, 1.82) is 0 Å². The molecule has 126 valence electrons. The first-order valence-corrected chi connectivity index (χ1v) is 9.46. The Kier molecular flexibility index (Phi) is 17.1. The lowest BCUT2D eigenvalue weighted by Crippen LogP contribution is -2.05. The molecule has 0 aliphatic carbocycles. The van der Waals surface area contributed by atoms with E-state index in [1.54, 1.807) is 0 Å². The fourth-order valence-electron chi connectivity index (χ4n) is 2.54. The van der Waals surface area contributed by atoms with Crippen LogP contribution in [-0.2, 0) is 9.53 Å². The van der Waals surface area contributed by atoms with Gasteiger partial charge in [-0.3, -0.25) is 4.79 Å². The second-order valence-electron chi connectivity index (χ2n) is 6.21. The maximum atomic E-state index is 11.5. The number of esters is 1. The molecule has 0 spiro atoms. The van der Waals surface area contributed by atoms with Gasteiger partial charge in [0.2, 0.25) is 0 Å². The van der Waals surface area contributed by atoms with Crippen molar-refractivity contribution in [1.82, 2.24) is 0 Å². The fraction of sp³-hybridized carbons (Fsp3) is 0.947. The van der Waals surface area contributed by atoms with Crippen LogP contribution in [0, 0.1) is 0 Å². The average Bonchev–Trinajstić information content (AvgIpc) is 2.49. The zero-order valence-corrected chi connectivity index (χ0v) is 14.6. The molecule has 0 fully saturated rings. The zero-order chi connectivity index (χ0) is 15.6. The number of ether oxygens (including phenoxy) is 1. The average molecular weight is 299 g/mol. The van der Waals surface area contributed by atoms with Crippen LogP contribution in [0.25, 0.3) is 0 Å². The molecule has 0 atom stereocenters. The van der Waals surface area contributed by atoms with Crippen LogP contribution in [0.5, 0.6) is 0 Å². The molecule has 0 aliphatic rings. The molecule has 0 aliphatic heterocycles. The maximum Gasteiger partial charge on any atom is 0.305 e. The molecule has 0 bridgehead atoms. The van der Waals surface area contributed by atoms with Gasteiger partial charge in [-0.15, -0.1) is 0 Å². The minimum absolute atomic E-state index is 0.00561. The van der Waals surface area contributed by atoms with Gasteiger partial charge in [0, 0.05) is 6.42 Å². The Labute approximate surface area is 133 Å². The summed E-state index contributed by atoms with van der Waals surface area (Å²) in [5, 5.41) is 0. The van der Waals surface area contributed by atoms with Crippen molar-refractivity contribution in [3.63, 3.8) is 0 Å². The lowest BCUT2D eigenvalue weighted by molar-refractivity contribution is -0.143. The molecule has 2 heteroatoms. The molecule has 2 nitrogen and oxygen atoms in total. The van der Waals surface area contributed by atoms with E-state index < -0.39 is 0 Å². The number of carbonyl (C=O) groups is 1. The van der Waals surface area contributed by atoms with Crippen LogP contribution in [-0.4, -0.2) is 12.6 Å². The van der Waals surface area contributed by atoms with Gasteiger partial charge in [0.25, 0.3) is 0 Å². The first kappa shape index (κ1) is 20.5. The highest BCUT2D eigenvalue weighted by molar-refractivity contribution is 5.69. The van der Waals surface area contributed by atoms with Gasteiger partial charge in [-0.1, -0.05) is 90.9 Å². The second-order valence-corrected chi connectivity index (χ2v) is 6.21. The number of hydrogen-bond donors (Lipinski definition) is 0. The topological polar surface area (TPSA) is 26.3 Å². The molecule has 0 saturated carbocycles.